The number of hydrogen-bond donors (Lipinski definition) is 3. The third kappa shape index (κ3) is 5.70. The summed E-state index contributed by atoms with van der Waals surface area (Å²) >= 11 is 6.19. The van der Waals surface area contributed by atoms with E-state index in [0.717, 1.165) is 11.1 Å². The largest absolute Gasteiger partial charge is 0.364 e. The van der Waals surface area contributed by atoms with Crippen molar-refractivity contribution in [3.63, 3.8) is 0 Å². The van der Waals surface area contributed by atoms with Gasteiger partial charge >= 0.3 is 5.92 Å². The normalized spacial score (nSPS) is 11.3. The molecule has 4 rings (SSSR count). The maximum absolute atomic E-state index is 14.4. The van der Waals surface area contributed by atoms with Crippen molar-refractivity contribution < 1.29 is 13.6 Å². The Morgan fingerprint density at radius 2 is 1.88 bits per heavy atom. The van der Waals surface area contributed by atoms with Crippen LogP contribution in [0.25, 0.3) is 11.4 Å². The topological polar surface area (TPSA) is 108 Å². The molecule has 3 aromatic heterocycles. The van der Waals surface area contributed by atoms with Crippen molar-refractivity contribution in [3.8, 4) is 11.4 Å². The third-order valence-corrected chi connectivity index (χ3v) is 5.29. The summed E-state index contributed by atoms with van der Waals surface area (Å²) in [5.41, 5.74) is 1.59. The van der Waals surface area contributed by atoms with Gasteiger partial charge in [-0.3, -0.25) is 14.9 Å². The SMILES string of the molecule is O=C(Cc1nc(NCC(F)(F)c2ccccn2)ccc1Cl)NCc1ccccc1-c1ncn[nH]1. The zero-order valence-corrected chi connectivity index (χ0v) is 18.6. The van der Waals surface area contributed by atoms with Crippen molar-refractivity contribution in [2.24, 2.45) is 0 Å². The molecule has 0 aliphatic carbocycles. The molecular formula is C23H20ClF2N7O. The van der Waals surface area contributed by atoms with Crippen LogP contribution in [0.5, 0.6) is 0 Å². The van der Waals surface area contributed by atoms with Crippen LogP contribution in [-0.4, -0.2) is 37.6 Å². The molecule has 11 heteroatoms. The third-order valence-electron chi connectivity index (χ3n) is 4.94. The number of anilines is 1. The molecular weight excluding hydrogens is 464 g/mol. The van der Waals surface area contributed by atoms with Gasteiger partial charge in [0.25, 0.3) is 0 Å². The number of halogens is 3. The van der Waals surface area contributed by atoms with E-state index in [-0.39, 0.29) is 41.1 Å². The summed E-state index contributed by atoms with van der Waals surface area (Å²) < 4.78 is 28.7. The van der Waals surface area contributed by atoms with E-state index >= 15 is 0 Å². The lowest BCUT2D eigenvalue weighted by Gasteiger charge is -2.17. The lowest BCUT2D eigenvalue weighted by molar-refractivity contribution is -0.120. The van der Waals surface area contributed by atoms with Crippen LogP contribution < -0.4 is 10.6 Å². The summed E-state index contributed by atoms with van der Waals surface area (Å²) in [6.07, 6.45) is 2.60. The average Bonchev–Trinajstić information content (AvgIpc) is 3.39. The fraction of sp³-hybridized carbons (Fsp3) is 0.174. The zero-order chi connectivity index (χ0) is 24.0. The van der Waals surface area contributed by atoms with Crippen LogP contribution in [0.3, 0.4) is 0 Å². The predicted molar refractivity (Wildman–Crippen MR) is 123 cm³/mol. The van der Waals surface area contributed by atoms with Crippen LogP contribution in [0.4, 0.5) is 14.6 Å². The monoisotopic (exact) mass is 483 g/mol. The Labute approximate surface area is 198 Å². The Morgan fingerprint density at radius 3 is 2.65 bits per heavy atom. The van der Waals surface area contributed by atoms with Crippen molar-refractivity contribution in [1.29, 1.82) is 0 Å². The predicted octanol–water partition coefficient (Wildman–Crippen LogP) is 3.98. The molecule has 0 aliphatic heterocycles. The number of alkyl halides is 2. The van der Waals surface area contributed by atoms with Crippen LogP contribution in [0, 0.1) is 0 Å². The highest BCUT2D eigenvalue weighted by Crippen LogP contribution is 2.27. The number of nitrogens with one attached hydrogen (secondary N) is 3. The Hall–Kier alpha value is -3.92. The standard InChI is InChI=1S/C23H20ClF2N7O/c24-17-8-9-20(29-13-23(25,26)19-7-3-4-10-27-19)32-18(17)11-21(34)28-12-15-5-1-2-6-16(15)22-30-14-31-33-22/h1-10,14H,11-13H2,(H,28,34)(H,29,32)(H,30,31,33). The molecule has 4 aromatic rings. The Kier molecular flexibility index (Phi) is 7.07. The minimum absolute atomic E-state index is 0.116. The number of rotatable bonds is 9. The summed E-state index contributed by atoms with van der Waals surface area (Å²) in [5, 5.41) is 12.3. The average molecular weight is 484 g/mol. The molecule has 34 heavy (non-hydrogen) atoms. The summed E-state index contributed by atoms with van der Waals surface area (Å²) in [5.74, 6) is -2.75. The number of benzene rings is 1. The Morgan fingerprint density at radius 1 is 1.06 bits per heavy atom. The number of aromatic amines is 1. The van der Waals surface area contributed by atoms with Gasteiger partial charge in [-0.25, -0.2) is 9.97 Å². The molecule has 0 spiro atoms. The van der Waals surface area contributed by atoms with Gasteiger partial charge in [0.2, 0.25) is 5.91 Å². The van der Waals surface area contributed by atoms with Gasteiger partial charge in [0.1, 0.15) is 17.8 Å². The summed E-state index contributed by atoms with van der Waals surface area (Å²) in [7, 11) is 0. The van der Waals surface area contributed by atoms with E-state index in [1.165, 1.54) is 36.8 Å². The molecule has 0 unspecified atom stereocenters. The summed E-state index contributed by atoms with van der Waals surface area (Å²) in [6.45, 7) is -0.454. The number of carbonyl (C=O) groups excluding carboxylic acids is 1. The van der Waals surface area contributed by atoms with E-state index in [9.17, 15) is 13.6 Å². The van der Waals surface area contributed by atoms with Crippen molar-refractivity contribution in [1.82, 2.24) is 30.5 Å². The number of H-pyrrole nitrogens is 1. The van der Waals surface area contributed by atoms with Crippen molar-refractivity contribution >= 4 is 23.3 Å². The number of hydrogen-bond acceptors (Lipinski definition) is 6. The van der Waals surface area contributed by atoms with E-state index in [4.69, 9.17) is 11.6 Å². The summed E-state index contributed by atoms with van der Waals surface area (Å²) in [6, 6.07) is 14.8. The minimum Gasteiger partial charge on any atom is -0.364 e. The Bertz CT molecular complexity index is 1250. The van der Waals surface area contributed by atoms with Crippen LogP contribution >= 0.6 is 11.6 Å². The van der Waals surface area contributed by atoms with Crippen LogP contribution in [0.1, 0.15) is 17.0 Å². The number of amides is 1. The second-order valence-electron chi connectivity index (χ2n) is 7.34. The first kappa shape index (κ1) is 23.2. The molecule has 8 nitrogen and oxygen atoms in total. The van der Waals surface area contributed by atoms with Gasteiger partial charge in [-0.1, -0.05) is 41.9 Å². The number of pyridine rings is 2. The fourth-order valence-corrected chi connectivity index (χ4v) is 3.40. The van der Waals surface area contributed by atoms with Crippen LogP contribution in [0.2, 0.25) is 5.02 Å². The maximum Gasteiger partial charge on any atom is 0.306 e. The number of nitrogens with zero attached hydrogens (tertiary/aromatic N) is 4. The Balaban J connectivity index is 1.38. The molecule has 0 aliphatic rings. The smallest absolute Gasteiger partial charge is 0.306 e. The number of carbonyl (C=O) groups is 1. The molecule has 1 aromatic carbocycles. The quantitative estimate of drug-likeness (QED) is 0.332. The van der Waals surface area contributed by atoms with E-state index in [1.54, 1.807) is 6.07 Å². The molecule has 0 bridgehead atoms. The van der Waals surface area contributed by atoms with Crippen LogP contribution in [0.15, 0.2) is 67.1 Å². The van der Waals surface area contributed by atoms with Crippen LogP contribution in [-0.2, 0) is 23.7 Å². The molecule has 174 valence electrons. The first-order valence-corrected chi connectivity index (χ1v) is 10.7. The van der Waals surface area contributed by atoms with E-state index in [1.807, 2.05) is 24.3 Å². The first-order chi connectivity index (χ1) is 16.4. The number of aromatic nitrogens is 5. The molecule has 3 N–H and O–H groups in total. The van der Waals surface area contributed by atoms with Gasteiger partial charge in [0.15, 0.2) is 5.82 Å². The van der Waals surface area contributed by atoms with Crippen molar-refractivity contribution in [2.75, 3.05) is 11.9 Å². The molecule has 0 atom stereocenters. The maximum atomic E-state index is 14.4. The fourth-order valence-electron chi connectivity index (χ4n) is 3.23. The van der Waals surface area contributed by atoms with E-state index in [0.29, 0.717) is 5.82 Å². The lowest BCUT2D eigenvalue weighted by Crippen LogP contribution is -2.27. The van der Waals surface area contributed by atoms with Gasteiger partial charge in [-0.15, -0.1) is 0 Å². The summed E-state index contributed by atoms with van der Waals surface area (Å²) in [4.78, 5) is 24.7. The van der Waals surface area contributed by atoms with Crippen molar-refractivity contribution in [2.45, 2.75) is 18.9 Å². The molecule has 0 saturated heterocycles. The van der Waals surface area contributed by atoms with Gasteiger partial charge in [-0.05, 0) is 29.8 Å². The van der Waals surface area contributed by atoms with Gasteiger partial charge in [0.05, 0.1) is 23.7 Å². The highest BCUT2D eigenvalue weighted by Gasteiger charge is 2.32. The van der Waals surface area contributed by atoms with Crippen molar-refractivity contribution in [3.05, 3.63) is 89.1 Å². The highest BCUT2D eigenvalue weighted by atomic mass is 35.5. The molecule has 0 fully saturated rings. The molecule has 1 amide bonds. The minimum atomic E-state index is -3.20. The second kappa shape index (κ2) is 10.3. The molecule has 0 saturated carbocycles. The first-order valence-electron chi connectivity index (χ1n) is 10.3. The van der Waals surface area contributed by atoms with E-state index < -0.39 is 12.5 Å². The lowest BCUT2D eigenvalue weighted by atomic mass is 10.1. The van der Waals surface area contributed by atoms with E-state index in [2.05, 4.69) is 35.8 Å². The van der Waals surface area contributed by atoms with Gasteiger partial charge in [0, 0.05) is 18.3 Å². The highest BCUT2D eigenvalue weighted by molar-refractivity contribution is 6.31. The second-order valence-corrected chi connectivity index (χ2v) is 7.75. The zero-order valence-electron chi connectivity index (χ0n) is 17.8. The van der Waals surface area contributed by atoms with Gasteiger partial charge in [-0.2, -0.15) is 13.9 Å². The molecule has 0 radical (unpaired) electrons. The van der Waals surface area contributed by atoms with Gasteiger partial charge < -0.3 is 10.6 Å². The molecule has 3 heterocycles.